The molecule has 1 nitrogen and oxygen atoms in total. The van der Waals surface area contributed by atoms with Gasteiger partial charge in [-0.2, -0.15) is 11.8 Å². The van der Waals surface area contributed by atoms with Crippen LogP contribution in [0.1, 0.15) is 0 Å². The highest BCUT2D eigenvalue weighted by atomic mass is 32.2. The minimum Gasteiger partial charge on any atom is -0.240 e. The Kier molecular flexibility index (Phi) is 1.85. The molecule has 0 saturated carbocycles. The molecule has 1 aliphatic heterocycles. The van der Waals surface area contributed by atoms with Gasteiger partial charge in [-0.05, 0) is 0 Å². The van der Waals surface area contributed by atoms with Crippen molar-refractivity contribution in [2.75, 3.05) is 24.6 Å². The van der Waals surface area contributed by atoms with Crippen molar-refractivity contribution in [2.45, 2.75) is 0 Å². The second-order valence-electron chi connectivity index (χ2n) is 1.28. The predicted molar refractivity (Wildman–Crippen MR) is 29.2 cm³/mol. The molecule has 1 aliphatic rings. The van der Waals surface area contributed by atoms with Crippen molar-refractivity contribution in [3.63, 3.8) is 0 Å². The smallest absolute Gasteiger partial charge is 0.0224 e. The van der Waals surface area contributed by atoms with Gasteiger partial charge in [-0.1, -0.05) is 0 Å². The van der Waals surface area contributed by atoms with E-state index in [2.05, 4.69) is 5.32 Å². The Morgan fingerprint density at radius 3 is 2.00 bits per heavy atom. The van der Waals surface area contributed by atoms with Crippen molar-refractivity contribution in [3.05, 3.63) is 0 Å². The third kappa shape index (κ3) is 1.19. The lowest BCUT2D eigenvalue weighted by atomic mass is 10.6. The van der Waals surface area contributed by atoms with Crippen LogP contribution in [0.4, 0.5) is 0 Å². The van der Waals surface area contributed by atoms with E-state index in [1.807, 2.05) is 11.8 Å². The first-order valence-electron chi connectivity index (χ1n) is 2.21. The Hall–Kier alpha value is 0.310. The maximum Gasteiger partial charge on any atom is 0.0224 e. The highest BCUT2D eigenvalue weighted by Crippen LogP contribution is 2.00. The summed E-state index contributed by atoms with van der Waals surface area (Å²) in [5, 5.41) is 4.16. The fraction of sp³-hybridized carbons (Fsp3) is 1.00. The summed E-state index contributed by atoms with van der Waals surface area (Å²) in [7, 11) is 0. The second kappa shape index (κ2) is 2.48. The molecular weight excluding hydrogens is 94.1 g/mol. The Morgan fingerprint density at radius 2 is 1.83 bits per heavy atom. The molecule has 2 heteroatoms. The van der Waals surface area contributed by atoms with Crippen molar-refractivity contribution in [1.82, 2.24) is 5.32 Å². The Labute approximate surface area is 42.5 Å². The zero-order chi connectivity index (χ0) is 4.24. The van der Waals surface area contributed by atoms with Gasteiger partial charge in [-0.3, -0.25) is 0 Å². The fourth-order valence-electron chi connectivity index (χ4n) is 0.472. The van der Waals surface area contributed by atoms with E-state index in [9.17, 15) is 0 Å². The number of hydrogen-bond donors (Lipinski definition) is 0. The summed E-state index contributed by atoms with van der Waals surface area (Å²) in [6.07, 6.45) is 0. The molecule has 6 heavy (non-hydrogen) atoms. The summed E-state index contributed by atoms with van der Waals surface area (Å²) in [5.41, 5.74) is 0. The van der Waals surface area contributed by atoms with Crippen LogP contribution in [0.3, 0.4) is 0 Å². The van der Waals surface area contributed by atoms with Crippen LogP contribution < -0.4 is 5.32 Å². The molecule has 35 valence electrons. The molecule has 1 radical (unpaired) electrons. The van der Waals surface area contributed by atoms with Crippen LogP contribution in [0.5, 0.6) is 0 Å². The van der Waals surface area contributed by atoms with Crippen LogP contribution in [-0.2, 0) is 0 Å². The van der Waals surface area contributed by atoms with Gasteiger partial charge < -0.3 is 0 Å². The quantitative estimate of drug-likeness (QED) is 0.430. The maximum atomic E-state index is 4.16. The molecule has 1 fully saturated rings. The van der Waals surface area contributed by atoms with Crippen molar-refractivity contribution < 1.29 is 0 Å². The number of nitrogens with zero attached hydrogens (tertiary/aromatic N) is 1. The van der Waals surface area contributed by atoms with Gasteiger partial charge in [0.15, 0.2) is 0 Å². The Morgan fingerprint density at radius 1 is 1.17 bits per heavy atom. The fourth-order valence-corrected chi connectivity index (χ4v) is 1.19. The van der Waals surface area contributed by atoms with Crippen LogP contribution in [0.15, 0.2) is 0 Å². The lowest BCUT2D eigenvalue weighted by Gasteiger charge is -2.06. The van der Waals surface area contributed by atoms with E-state index in [4.69, 9.17) is 0 Å². The van der Waals surface area contributed by atoms with Gasteiger partial charge in [0, 0.05) is 24.6 Å². The largest absolute Gasteiger partial charge is 0.240 e. The van der Waals surface area contributed by atoms with E-state index in [1.165, 1.54) is 11.5 Å². The predicted octanol–water partition coefficient (Wildman–Crippen LogP) is 0.338. The van der Waals surface area contributed by atoms with E-state index < -0.39 is 0 Å². The molecule has 1 heterocycles. The third-order valence-electron chi connectivity index (χ3n) is 0.787. The molecule has 0 aromatic heterocycles. The molecule has 0 N–H and O–H groups in total. The van der Waals surface area contributed by atoms with Gasteiger partial charge in [0.2, 0.25) is 0 Å². The molecule has 0 amide bonds. The molecule has 0 bridgehead atoms. The van der Waals surface area contributed by atoms with E-state index >= 15 is 0 Å². The van der Waals surface area contributed by atoms with Gasteiger partial charge >= 0.3 is 0 Å². The third-order valence-corrected chi connectivity index (χ3v) is 1.73. The average Bonchev–Trinajstić information content (AvgIpc) is 1.72. The normalized spacial score (nSPS) is 24.0. The molecule has 0 spiro atoms. The SMILES string of the molecule is C1CSCC[N]1. The zero-order valence-electron chi connectivity index (χ0n) is 3.68. The number of thioether (sulfide) groups is 1. The van der Waals surface area contributed by atoms with Gasteiger partial charge in [0.25, 0.3) is 0 Å². The maximum absolute atomic E-state index is 4.16. The zero-order valence-corrected chi connectivity index (χ0v) is 4.50. The first kappa shape index (κ1) is 4.47. The standard InChI is InChI=1S/C4H8NS/c1-3-6-4-2-5-1/h1-4H2. The van der Waals surface area contributed by atoms with Crippen LogP contribution in [-0.4, -0.2) is 24.6 Å². The summed E-state index contributed by atoms with van der Waals surface area (Å²) in [6.45, 7) is 2.18. The second-order valence-corrected chi connectivity index (χ2v) is 2.51. The van der Waals surface area contributed by atoms with E-state index in [-0.39, 0.29) is 0 Å². The van der Waals surface area contributed by atoms with Crippen LogP contribution >= 0.6 is 11.8 Å². The number of hydrogen-bond acceptors (Lipinski definition) is 1. The van der Waals surface area contributed by atoms with Crippen molar-refractivity contribution >= 4 is 11.8 Å². The van der Waals surface area contributed by atoms with Crippen LogP contribution in [0.2, 0.25) is 0 Å². The molecule has 1 saturated heterocycles. The van der Waals surface area contributed by atoms with E-state index in [1.54, 1.807) is 0 Å². The lowest BCUT2D eigenvalue weighted by molar-refractivity contribution is 0.740. The van der Waals surface area contributed by atoms with Crippen LogP contribution in [0, 0.1) is 0 Å². The molecule has 0 aromatic carbocycles. The summed E-state index contributed by atoms with van der Waals surface area (Å²) in [6, 6.07) is 0. The molecule has 0 atom stereocenters. The van der Waals surface area contributed by atoms with Crippen LogP contribution in [0.25, 0.3) is 0 Å². The molecule has 0 unspecified atom stereocenters. The number of rotatable bonds is 0. The molecule has 0 aliphatic carbocycles. The molecule has 0 aromatic rings. The Bertz CT molecular complexity index is 23.0. The van der Waals surface area contributed by atoms with Crippen molar-refractivity contribution in [2.24, 2.45) is 0 Å². The first-order chi connectivity index (χ1) is 3.00. The monoisotopic (exact) mass is 102 g/mol. The highest BCUT2D eigenvalue weighted by Gasteiger charge is 1.95. The lowest BCUT2D eigenvalue weighted by Crippen LogP contribution is -2.17. The summed E-state index contributed by atoms with van der Waals surface area (Å²) < 4.78 is 0. The van der Waals surface area contributed by atoms with Gasteiger partial charge in [0.1, 0.15) is 0 Å². The van der Waals surface area contributed by atoms with Gasteiger partial charge in [-0.25, -0.2) is 5.32 Å². The first-order valence-corrected chi connectivity index (χ1v) is 3.36. The molecule has 1 rings (SSSR count). The van der Waals surface area contributed by atoms with Crippen molar-refractivity contribution in [3.8, 4) is 0 Å². The average molecular weight is 102 g/mol. The topological polar surface area (TPSA) is 14.1 Å². The minimum atomic E-state index is 1.09. The minimum absolute atomic E-state index is 1.09. The Balaban J connectivity index is 2.00. The summed E-state index contributed by atoms with van der Waals surface area (Å²) in [4.78, 5) is 0. The molecular formula is C4H8NS. The van der Waals surface area contributed by atoms with Gasteiger partial charge in [0.05, 0.1) is 0 Å². The summed E-state index contributed by atoms with van der Waals surface area (Å²) >= 11 is 2.00. The van der Waals surface area contributed by atoms with Gasteiger partial charge in [-0.15, -0.1) is 0 Å². The van der Waals surface area contributed by atoms with Crippen molar-refractivity contribution in [1.29, 1.82) is 0 Å². The van der Waals surface area contributed by atoms with E-state index in [0.29, 0.717) is 0 Å². The summed E-state index contributed by atoms with van der Waals surface area (Å²) in [5.74, 6) is 2.50. The van der Waals surface area contributed by atoms with E-state index in [0.717, 1.165) is 13.1 Å². The highest BCUT2D eigenvalue weighted by molar-refractivity contribution is 7.99.